The molecular formula is C26H41N7O. The summed E-state index contributed by atoms with van der Waals surface area (Å²) in [5.41, 5.74) is 0.456. The number of rotatable bonds is 6. The molecule has 0 unspecified atom stereocenters. The fourth-order valence-electron chi connectivity index (χ4n) is 6.10. The molecular weight excluding hydrogens is 426 g/mol. The summed E-state index contributed by atoms with van der Waals surface area (Å²) in [5, 5.41) is 12.1. The number of hydrogen-bond acceptors (Lipinski definition) is 6. The van der Waals surface area contributed by atoms with E-state index < -0.39 is 0 Å². The van der Waals surface area contributed by atoms with E-state index in [1.165, 1.54) is 64.6 Å². The normalized spacial score (nSPS) is 25.2. The zero-order valence-corrected chi connectivity index (χ0v) is 21.0. The Bertz CT molecular complexity index is 813. The summed E-state index contributed by atoms with van der Waals surface area (Å²) in [7, 11) is 0. The highest BCUT2D eigenvalue weighted by Crippen LogP contribution is 2.27. The maximum atomic E-state index is 13.0. The summed E-state index contributed by atoms with van der Waals surface area (Å²) in [6.07, 6.45) is 13.8. The van der Waals surface area contributed by atoms with Gasteiger partial charge in [0.2, 0.25) is 5.95 Å². The third-order valence-electron chi connectivity index (χ3n) is 7.98. The Morgan fingerprint density at radius 1 is 1.03 bits per heavy atom. The number of nitrogens with one attached hydrogen (secondary N) is 1. The minimum absolute atomic E-state index is 0.0372. The van der Waals surface area contributed by atoms with Crippen molar-refractivity contribution in [1.82, 2.24) is 25.1 Å². The molecule has 3 heterocycles. The summed E-state index contributed by atoms with van der Waals surface area (Å²) >= 11 is 0. The standard InChI is InChI=1S/C26H41N7O/c1-20-17-32(25-29-15-24(14-27)16-30-25)18-21(2)33(20)26(34)28-11-8-22-9-12-31(13-10-22)19-23-6-4-3-5-7-23/h15-16,20-23H,3-13,17-19H2,1-2H3,(H,28,34)/t20-,21+. The van der Waals surface area contributed by atoms with E-state index >= 15 is 0 Å². The van der Waals surface area contributed by atoms with Crippen LogP contribution in [0, 0.1) is 23.2 Å². The largest absolute Gasteiger partial charge is 0.338 e. The Balaban J connectivity index is 1.17. The number of piperazine rings is 1. The number of carbonyl (C=O) groups is 1. The summed E-state index contributed by atoms with van der Waals surface area (Å²) in [6, 6.07) is 2.21. The smallest absolute Gasteiger partial charge is 0.318 e. The molecule has 2 saturated heterocycles. The van der Waals surface area contributed by atoms with Crippen LogP contribution in [0.4, 0.5) is 10.7 Å². The van der Waals surface area contributed by atoms with E-state index in [2.05, 4.69) is 45.0 Å². The predicted octanol–water partition coefficient (Wildman–Crippen LogP) is 3.64. The van der Waals surface area contributed by atoms with Crippen LogP contribution in [0.15, 0.2) is 12.4 Å². The van der Waals surface area contributed by atoms with Crippen LogP contribution in [0.5, 0.6) is 0 Å². The van der Waals surface area contributed by atoms with Gasteiger partial charge < -0.3 is 20.0 Å². The first-order valence-corrected chi connectivity index (χ1v) is 13.3. The first-order valence-electron chi connectivity index (χ1n) is 13.3. The Kier molecular flexibility index (Phi) is 8.60. The summed E-state index contributed by atoms with van der Waals surface area (Å²) in [5.74, 6) is 2.27. The van der Waals surface area contributed by atoms with Crippen LogP contribution >= 0.6 is 0 Å². The van der Waals surface area contributed by atoms with E-state index in [4.69, 9.17) is 5.26 Å². The maximum Gasteiger partial charge on any atom is 0.318 e. The number of amides is 2. The molecule has 8 nitrogen and oxygen atoms in total. The van der Waals surface area contributed by atoms with Gasteiger partial charge >= 0.3 is 6.03 Å². The molecule has 1 aromatic heterocycles. The molecule has 2 amide bonds. The summed E-state index contributed by atoms with van der Waals surface area (Å²) in [6.45, 7) is 10.0. The molecule has 0 spiro atoms. The lowest BCUT2D eigenvalue weighted by Gasteiger charge is -2.44. The molecule has 3 fully saturated rings. The highest BCUT2D eigenvalue weighted by Gasteiger charge is 2.34. The second-order valence-corrected chi connectivity index (χ2v) is 10.7. The van der Waals surface area contributed by atoms with Gasteiger partial charge in [-0.3, -0.25) is 0 Å². The van der Waals surface area contributed by atoms with E-state index in [1.807, 2.05) is 4.90 Å². The fourth-order valence-corrected chi connectivity index (χ4v) is 6.10. The van der Waals surface area contributed by atoms with Crippen molar-refractivity contribution in [2.45, 2.75) is 77.3 Å². The number of carbonyl (C=O) groups excluding carboxylic acids is 1. The topological polar surface area (TPSA) is 88.4 Å². The van der Waals surface area contributed by atoms with Crippen LogP contribution in [-0.2, 0) is 0 Å². The molecule has 34 heavy (non-hydrogen) atoms. The van der Waals surface area contributed by atoms with Gasteiger partial charge in [-0.25, -0.2) is 14.8 Å². The number of anilines is 1. The Morgan fingerprint density at radius 2 is 1.68 bits per heavy atom. The molecule has 0 aromatic carbocycles. The van der Waals surface area contributed by atoms with Gasteiger partial charge in [0, 0.05) is 38.3 Å². The van der Waals surface area contributed by atoms with E-state index in [-0.39, 0.29) is 18.1 Å². The molecule has 0 bridgehead atoms. The number of nitriles is 1. The molecule has 8 heteroatoms. The van der Waals surface area contributed by atoms with Crippen molar-refractivity contribution >= 4 is 12.0 Å². The van der Waals surface area contributed by atoms with Crippen LogP contribution in [-0.4, -0.2) is 77.2 Å². The molecule has 1 aliphatic carbocycles. The first kappa shape index (κ1) is 24.7. The van der Waals surface area contributed by atoms with Crippen molar-refractivity contribution in [3.05, 3.63) is 18.0 Å². The van der Waals surface area contributed by atoms with E-state index in [0.717, 1.165) is 24.8 Å². The van der Waals surface area contributed by atoms with Crippen LogP contribution < -0.4 is 10.2 Å². The highest BCUT2D eigenvalue weighted by atomic mass is 16.2. The van der Waals surface area contributed by atoms with Crippen LogP contribution in [0.3, 0.4) is 0 Å². The fraction of sp³-hybridized carbons (Fsp3) is 0.769. The molecule has 4 rings (SSSR count). The molecule has 2 atom stereocenters. The van der Waals surface area contributed by atoms with E-state index in [1.54, 1.807) is 12.4 Å². The maximum absolute atomic E-state index is 13.0. The third kappa shape index (κ3) is 6.38. The lowest BCUT2D eigenvalue weighted by Crippen LogP contribution is -2.61. The van der Waals surface area contributed by atoms with Gasteiger partial charge in [0.05, 0.1) is 18.0 Å². The lowest BCUT2D eigenvalue weighted by molar-refractivity contribution is 0.134. The van der Waals surface area contributed by atoms with Gasteiger partial charge in [-0.1, -0.05) is 19.3 Å². The van der Waals surface area contributed by atoms with Gasteiger partial charge in [0.25, 0.3) is 0 Å². The van der Waals surface area contributed by atoms with Crippen molar-refractivity contribution in [1.29, 1.82) is 5.26 Å². The second kappa shape index (κ2) is 11.8. The average Bonchev–Trinajstić information content (AvgIpc) is 2.85. The van der Waals surface area contributed by atoms with Gasteiger partial charge in [0.1, 0.15) is 6.07 Å². The van der Waals surface area contributed by atoms with Gasteiger partial charge in [-0.2, -0.15) is 5.26 Å². The Morgan fingerprint density at radius 3 is 2.29 bits per heavy atom. The van der Waals surface area contributed by atoms with Crippen molar-refractivity contribution in [3.8, 4) is 6.07 Å². The molecule has 2 aliphatic heterocycles. The number of likely N-dealkylation sites (tertiary alicyclic amines) is 1. The van der Waals surface area contributed by atoms with Gasteiger partial charge in [0.15, 0.2) is 0 Å². The van der Waals surface area contributed by atoms with Gasteiger partial charge in [-0.15, -0.1) is 0 Å². The number of urea groups is 1. The molecule has 186 valence electrons. The van der Waals surface area contributed by atoms with Crippen molar-refractivity contribution < 1.29 is 4.79 Å². The van der Waals surface area contributed by atoms with Crippen LogP contribution in [0.2, 0.25) is 0 Å². The summed E-state index contributed by atoms with van der Waals surface area (Å²) < 4.78 is 0. The van der Waals surface area contributed by atoms with E-state index in [0.29, 0.717) is 24.6 Å². The number of hydrogen-bond donors (Lipinski definition) is 1. The number of piperidine rings is 1. The van der Waals surface area contributed by atoms with Crippen molar-refractivity contribution in [3.63, 3.8) is 0 Å². The van der Waals surface area contributed by atoms with Gasteiger partial charge in [-0.05, 0) is 70.9 Å². The summed E-state index contributed by atoms with van der Waals surface area (Å²) in [4.78, 5) is 28.4. The molecule has 1 saturated carbocycles. The lowest BCUT2D eigenvalue weighted by atomic mass is 9.87. The van der Waals surface area contributed by atoms with Crippen molar-refractivity contribution in [2.75, 3.05) is 44.2 Å². The molecule has 3 aliphatic rings. The minimum atomic E-state index is 0.0372. The molecule has 1 aromatic rings. The highest BCUT2D eigenvalue weighted by molar-refractivity contribution is 5.75. The first-order chi connectivity index (χ1) is 16.5. The second-order valence-electron chi connectivity index (χ2n) is 10.7. The SMILES string of the molecule is C[C@@H]1CN(c2ncc(C#N)cn2)C[C@H](C)N1C(=O)NCCC1CCN(CC2CCCCC2)CC1. The van der Waals surface area contributed by atoms with Crippen LogP contribution in [0.1, 0.15) is 70.8 Å². The zero-order chi connectivity index (χ0) is 23.9. The molecule has 1 N–H and O–H groups in total. The Labute approximate surface area is 204 Å². The molecule has 0 radical (unpaired) electrons. The predicted molar refractivity (Wildman–Crippen MR) is 133 cm³/mol. The quantitative estimate of drug-likeness (QED) is 0.687. The Hall–Kier alpha value is -2.40. The minimum Gasteiger partial charge on any atom is -0.338 e. The zero-order valence-electron chi connectivity index (χ0n) is 21.0. The number of aromatic nitrogens is 2. The third-order valence-corrected chi connectivity index (χ3v) is 7.98. The van der Waals surface area contributed by atoms with Crippen LogP contribution in [0.25, 0.3) is 0 Å². The monoisotopic (exact) mass is 467 g/mol. The average molecular weight is 468 g/mol. The number of nitrogens with zero attached hydrogens (tertiary/aromatic N) is 6. The van der Waals surface area contributed by atoms with E-state index in [9.17, 15) is 4.79 Å². The van der Waals surface area contributed by atoms with Crippen molar-refractivity contribution in [2.24, 2.45) is 11.8 Å².